The molecule has 1 aliphatic carbocycles. The number of allylic oxidation sites excluding steroid dienone is 1. The van der Waals surface area contributed by atoms with Gasteiger partial charge in [-0.3, -0.25) is 5.84 Å². The molecule has 0 bridgehead atoms. The molecular weight excluding hydrogens is 241 g/mol. The van der Waals surface area contributed by atoms with Crippen molar-refractivity contribution in [1.29, 1.82) is 0 Å². The molecule has 0 fully saturated rings. The van der Waals surface area contributed by atoms with Gasteiger partial charge in [-0.25, -0.2) is 18.6 Å². The first kappa shape index (κ1) is 13.1. The number of hydrogen-bond acceptors (Lipinski definition) is 2. The highest BCUT2D eigenvalue weighted by Crippen LogP contribution is 2.30. The number of nitrogens with one attached hydrogen (secondary N) is 1. The molecule has 0 saturated heterocycles. The van der Waals surface area contributed by atoms with Crippen LogP contribution < -0.4 is 11.3 Å². The Kier molecular flexibility index (Phi) is 4.04. The van der Waals surface area contributed by atoms with E-state index in [2.05, 4.69) is 5.43 Å². The predicted octanol–water partition coefficient (Wildman–Crippen LogP) is 3.11. The first-order valence-electron chi connectivity index (χ1n) is 5.93. The third kappa shape index (κ3) is 2.57. The van der Waals surface area contributed by atoms with Crippen LogP contribution in [0.2, 0.25) is 0 Å². The van der Waals surface area contributed by atoms with Crippen LogP contribution >= 0.6 is 0 Å². The summed E-state index contributed by atoms with van der Waals surface area (Å²) in [5, 5.41) is 0. The van der Waals surface area contributed by atoms with Gasteiger partial charge in [-0.05, 0) is 43.4 Å². The highest BCUT2D eigenvalue weighted by molar-refractivity contribution is 5.30. The minimum absolute atomic E-state index is 0.307. The molecule has 1 unspecified atom stereocenters. The van der Waals surface area contributed by atoms with Crippen molar-refractivity contribution in [3.8, 4) is 0 Å². The van der Waals surface area contributed by atoms with Gasteiger partial charge in [-0.2, -0.15) is 0 Å². The Morgan fingerprint density at radius 1 is 1.11 bits per heavy atom. The van der Waals surface area contributed by atoms with Crippen LogP contribution in [0.4, 0.5) is 13.2 Å². The number of halogens is 3. The molecule has 0 saturated carbocycles. The lowest BCUT2D eigenvalue weighted by Gasteiger charge is -2.23. The highest BCUT2D eigenvalue weighted by Gasteiger charge is 2.20. The van der Waals surface area contributed by atoms with Crippen LogP contribution in [0.15, 0.2) is 23.8 Å². The monoisotopic (exact) mass is 256 g/mol. The minimum Gasteiger partial charge on any atom is -0.271 e. The summed E-state index contributed by atoms with van der Waals surface area (Å²) in [5.74, 6) is 1.61. The van der Waals surface area contributed by atoms with Crippen molar-refractivity contribution in [2.75, 3.05) is 0 Å². The van der Waals surface area contributed by atoms with Crippen molar-refractivity contribution >= 4 is 0 Å². The molecule has 0 spiro atoms. The number of rotatable bonds is 3. The van der Waals surface area contributed by atoms with Gasteiger partial charge in [0.2, 0.25) is 0 Å². The molecule has 1 aromatic rings. The van der Waals surface area contributed by atoms with Gasteiger partial charge in [0.1, 0.15) is 0 Å². The Balaban J connectivity index is 2.35. The zero-order chi connectivity index (χ0) is 13.1. The zero-order valence-electron chi connectivity index (χ0n) is 9.85. The van der Waals surface area contributed by atoms with Crippen LogP contribution in [0.1, 0.15) is 37.3 Å². The fourth-order valence-electron chi connectivity index (χ4n) is 2.28. The van der Waals surface area contributed by atoms with Crippen molar-refractivity contribution < 1.29 is 13.2 Å². The summed E-state index contributed by atoms with van der Waals surface area (Å²) in [4.78, 5) is 0. The van der Waals surface area contributed by atoms with Crippen LogP contribution in [-0.2, 0) is 0 Å². The summed E-state index contributed by atoms with van der Waals surface area (Å²) in [6, 6.07) is 1.51. The zero-order valence-corrected chi connectivity index (χ0v) is 9.85. The van der Waals surface area contributed by atoms with Crippen molar-refractivity contribution in [3.05, 3.63) is 46.8 Å². The molecule has 5 heteroatoms. The van der Waals surface area contributed by atoms with Crippen LogP contribution in [0, 0.1) is 17.5 Å². The summed E-state index contributed by atoms with van der Waals surface area (Å²) >= 11 is 0. The maximum atomic E-state index is 13.2. The molecule has 1 aliphatic rings. The van der Waals surface area contributed by atoms with Gasteiger partial charge in [0.25, 0.3) is 0 Å². The minimum atomic E-state index is -1.45. The van der Waals surface area contributed by atoms with E-state index in [1.807, 2.05) is 6.08 Å². The molecule has 0 aliphatic heterocycles. The van der Waals surface area contributed by atoms with Crippen molar-refractivity contribution in [2.45, 2.75) is 31.7 Å². The van der Waals surface area contributed by atoms with Crippen LogP contribution in [0.5, 0.6) is 0 Å². The standard InChI is InChI=1S/C13H15F3N2/c14-10-6-9(7-11(15)12(10)16)13(18-17)8-4-2-1-3-5-8/h4,6-7,13,18H,1-3,5,17H2. The third-order valence-corrected chi connectivity index (χ3v) is 3.20. The molecule has 98 valence electrons. The van der Waals surface area contributed by atoms with Gasteiger partial charge < -0.3 is 0 Å². The highest BCUT2D eigenvalue weighted by atomic mass is 19.2. The Bertz CT molecular complexity index is 448. The van der Waals surface area contributed by atoms with Crippen LogP contribution in [-0.4, -0.2) is 0 Å². The predicted molar refractivity (Wildman–Crippen MR) is 62.9 cm³/mol. The number of hydrogen-bond donors (Lipinski definition) is 2. The van der Waals surface area contributed by atoms with Gasteiger partial charge in [0.15, 0.2) is 17.5 Å². The largest absolute Gasteiger partial charge is 0.271 e. The van der Waals surface area contributed by atoms with E-state index in [1.165, 1.54) is 0 Å². The molecule has 0 radical (unpaired) electrons. The van der Waals surface area contributed by atoms with Crippen LogP contribution in [0.25, 0.3) is 0 Å². The van der Waals surface area contributed by atoms with Crippen LogP contribution in [0.3, 0.4) is 0 Å². The number of benzene rings is 1. The average Bonchev–Trinajstić information content (AvgIpc) is 2.38. The average molecular weight is 256 g/mol. The molecular formula is C13H15F3N2. The third-order valence-electron chi connectivity index (χ3n) is 3.20. The molecule has 0 heterocycles. The maximum Gasteiger partial charge on any atom is 0.194 e. The van der Waals surface area contributed by atoms with Crippen molar-refractivity contribution in [3.63, 3.8) is 0 Å². The molecule has 0 aromatic heterocycles. The fourth-order valence-corrected chi connectivity index (χ4v) is 2.28. The molecule has 0 amide bonds. The Hall–Kier alpha value is -1.33. The molecule has 3 N–H and O–H groups in total. The molecule has 1 atom stereocenters. The van der Waals surface area contributed by atoms with E-state index in [9.17, 15) is 13.2 Å². The van der Waals surface area contributed by atoms with Gasteiger partial charge >= 0.3 is 0 Å². The Labute approximate surface area is 104 Å². The maximum absolute atomic E-state index is 13.2. The van der Waals surface area contributed by atoms with Gasteiger partial charge in [-0.15, -0.1) is 0 Å². The Morgan fingerprint density at radius 3 is 2.28 bits per heavy atom. The number of nitrogens with two attached hydrogens (primary N) is 1. The fraction of sp³-hybridized carbons (Fsp3) is 0.385. The second kappa shape index (κ2) is 5.54. The second-order valence-electron chi connectivity index (χ2n) is 4.42. The second-order valence-corrected chi connectivity index (χ2v) is 4.42. The van der Waals surface area contributed by atoms with E-state index in [0.29, 0.717) is 5.56 Å². The quantitative estimate of drug-likeness (QED) is 0.377. The molecule has 1 aromatic carbocycles. The smallest absolute Gasteiger partial charge is 0.194 e. The first-order chi connectivity index (χ1) is 8.63. The topological polar surface area (TPSA) is 38.0 Å². The van der Waals surface area contributed by atoms with Gasteiger partial charge in [0, 0.05) is 0 Å². The number of hydrazine groups is 1. The summed E-state index contributed by atoms with van der Waals surface area (Å²) in [5.41, 5.74) is 3.84. The summed E-state index contributed by atoms with van der Waals surface area (Å²) in [6.45, 7) is 0. The Morgan fingerprint density at radius 2 is 1.78 bits per heavy atom. The van der Waals surface area contributed by atoms with Gasteiger partial charge in [-0.1, -0.05) is 11.6 Å². The lowest BCUT2D eigenvalue weighted by Crippen LogP contribution is -2.30. The lowest BCUT2D eigenvalue weighted by atomic mass is 9.90. The normalized spacial score (nSPS) is 17.4. The van der Waals surface area contributed by atoms with E-state index < -0.39 is 23.5 Å². The van der Waals surface area contributed by atoms with Crippen molar-refractivity contribution in [1.82, 2.24) is 5.43 Å². The SMILES string of the molecule is NNC(C1=CCCCC1)c1cc(F)c(F)c(F)c1. The summed E-state index contributed by atoms with van der Waals surface area (Å²) in [6.07, 6.45) is 5.91. The van der Waals surface area contributed by atoms with Crippen molar-refractivity contribution in [2.24, 2.45) is 5.84 Å². The first-order valence-corrected chi connectivity index (χ1v) is 5.93. The van der Waals surface area contributed by atoms with E-state index in [-0.39, 0.29) is 0 Å². The molecule has 18 heavy (non-hydrogen) atoms. The van der Waals surface area contributed by atoms with Gasteiger partial charge in [0.05, 0.1) is 6.04 Å². The molecule has 2 rings (SSSR count). The summed E-state index contributed by atoms with van der Waals surface area (Å²) < 4.78 is 39.3. The molecule has 2 nitrogen and oxygen atoms in total. The van der Waals surface area contributed by atoms with E-state index >= 15 is 0 Å². The van der Waals surface area contributed by atoms with E-state index in [1.54, 1.807) is 0 Å². The lowest BCUT2D eigenvalue weighted by molar-refractivity contribution is 0.441. The van der Waals surface area contributed by atoms with E-state index in [0.717, 1.165) is 43.4 Å². The van der Waals surface area contributed by atoms with E-state index in [4.69, 9.17) is 5.84 Å². The summed E-state index contributed by atoms with van der Waals surface area (Å²) in [7, 11) is 0.